The van der Waals surface area contributed by atoms with Crippen molar-refractivity contribution in [3.8, 4) is 5.75 Å². The van der Waals surface area contributed by atoms with Gasteiger partial charge < -0.3 is 15.2 Å². The van der Waals surface area contributed by atoms with E-state index in [1.807, 2.05) is 45.9 Å². The number of carbonyl (C=O) groups excluding carboxylic acids is 1. The molecule has 19 heavy (non-hydrogen) atoms. The van der Waals surface area contributed by atoms with Crippen LogP contribution in [0, 0.1) is 19.8 Å². The van der Waals surface area contributed by atoms with Crippen LogP contribution in [0.2, 0.25) is 0 Å². The Morgan fingerprint density at radius 2 is 2.05 bits per heavy atom. The zero-order valence-electron chi connectivity index (χ0n) is 12.1. The molecule has 106 valence electrons. The molecule has 2 N–H and O–H groups in total. The van der Waals surface area contributed by atoms with Crippen LogP contribution in [0.15, 0.2) is 18.2 Å². The molecule has 0 radical (unpaired) electrons. The van der Waals surface area contributed by atoms with Gasteiger partial charge in [-0.2, -0.15) is 0 Å². The van der Waals surface area contributed by atoms with Crippen molar-refractivity contribution in [1.29, 1.82) is 0 Å². The maximum absolute atomic E-state index is 11.6. The Hall–Kier alpha value is -1.55. The minimum atomic E-state index is -0.523. The van der Waals surface area contributed by atoms with Crippen LogP contribution in [0.4, 0.5) is 0 Å². The van der Waals surface area contributed by atoms with E-state index in [1.165, 1.54) is 0 Å². The lowest BCUT2D eigenvalue weighted by Gasteiger charge is -2.15. The molecule has 1 aromatic carbocycles. The molecule has 1 aromatic rings. The molecule has 0 saturated carbocycles. The number of hydrogen-bond acceptors (Lipinski definition) is 3. The summed E-state index contributed by atoms with van der Waals surface area (Å²) < 4.78 is 5.48. The maximum atomic E-state index is 11.6. The third kappa shape index (κ3) is 5.30. The van der Waals surface area contributed by atoms with Crippen molar-refractivity contribution in [2.24, 2.45) is 5.92 Å². The molecule has 0 aliphatic carbocycles. The lowest BCUT2D eigenvalue weighted by molar-refractivity contribution is -0.123. The maximum Gasteiger partial charge on any atom is 0.258 e. The van der Waals surface area contributed by atoms with Gasteiger partial charge in [0.25, 0.3) is 5.91 Å². The van der Waals surface area contributed by atoms with Crippen molar-refractivity contribution in [3.05, 3.63) is 29.3 Å². The normalized spacial score (nSPS) is 12.3. The van der Waals surface area contributed by atoms with E-state index in [4.69, 9.17) is 4.74 Å². The fourth-order valence-electron chi connectivity index (χ4n) is 1.51. The molecular formula is C15H23NO3. The number of carbonyl (C=O) groups is 1. The summed E-state index contributed by atoms with van der Waals surface area (Å²) >= 11 is 0. The van der Waals surface area contributed by atoms with E-state index in [0.29, 0.717) is 0 Å². The summed E-state index contributed by atoms with van der Waals surface area (Å²) in [4.78, 5) is 11.6. The fourth-order valence-corrected chi connectivity index (χ4v) is 1.51. The Morgan fingerprint density at radius 3 is 2.68 bits per heavy atom. The number of benzene rings is 1. The van der Waals surface area contributed by atoms with Gasteiger partial charge in [-0.25, -0.2) is 0 Å². The van der Waals surface area contributed by atoms with Gasteiger partial charge in [-0.1, -0.05) is 26.0 Å². The van der Waals surface area contributed by atoms with Gasteiger partial charge in [0.15, 0.2) is 6.61 Å². The first-order valence-corrected chi connectivity index (χ1v) is 6.55. The quantitative estimate of drug-likeness (QED) is 0.825. The predicted octanol–water partition coefficient (Wildman–Crippen LogP) is 1.82. The van der Waals surface area contributed by atoms with Gasteiger partial charge in [-0.15, -0.1) is 0 Å². The van der Waals surface area contributed by atoms with Gasteiger partial charge in [-0.05, 0) is 37.0 Å². The van der Waals surface area contributed by atoms with E-state index in [1.54, 1.807) is 0 Å². The van der Waals surface area contributed by atoms with Crippen LogP contribution >= 0.6 is 0 Å². The Balaban J connectivity index is 2.40. The van der Waals surface area contributed by atoms with Crippen molar-refractivity contribution in [2.75, 3.05) is 13.2 Å². The summed E-state index contributed by atoms with van der Waals surface area (Å²) in [6.45, 7) is 7.95. The second-order valence-corrected chi connectivity index (χ2v) is 5.17. The molecule has 0 heterocycles. The first-order valence-electron chi connectivity index (χ1n) is 6.55. The standard InChI is InChI=1S/C15H23NO3/c1-10(2)13(17)8-16-15(18)9-19-14-7-11(3)5-6-12(14)4/h5-7,10,13,17H,8-9H2,1-4H3,(H,16,18). The number of aliphatic hydroxyl groups is 1. The van der Waals surface area contributed by atoms with E-state index in [2.05, 4.69) is 5.32 Å². The molecule has 0 aliphatic rings. The highest BCUT2D eigenvalue weighted by Gasteiger charge is 2.11. The van der Waals surface area contributed by atoms with E-state index < -0.39 is 6.10 Å². The number of aliphatic hydroxyl groups excluding tert-OH is 1. The van der Waals surface area contributed by atoms with E-state index in [0.717, 1.165) is 16.9 Å². The number of aryl methyl sites for hydroxylation is 2. The Kier molecular flexibility index (Phi) is 5.83. The topological polar surface area (TPSA) is 58.6 Å². The van der Waals surface area contributed by atoms with Crippen molar-refractivity contribution in [2.45, 2.75) is 33.8 Å². The van der Waals surface area contributed by atoms with Crippen LogP contribution in [0.1, 0.15) is 25.0 Å². The van der Waals surface area contributed by atoms with Gasteiger partial charge >= 0.3 is 0 Å². The second-order valence-electron chi connectivity index (χ2n) is 5.17. The minimum absolute atomic E-state index is 0.0326. The molecular weight excluding hydrogens is 242 g/mol. The largest absolute Gasteiger partial charge is 0.483 e. The first-order chi connectivity index (χ1) is 8.90. The molecule has 0 aliphatic heterocycles. The smallest absolute Gasteiger partial charge is 0.258 e. The summed E-state index contributed by atoms with van der Waals surface area (Å²) in [5.74, 6) is 0.625. The molecule has 4 nitrogen and oxygen atoms in total. The molecule has 1 atom stereocenters. The second kappa shape index (κ2) is 7.14. The third-order valence-corrected chi connectivity index (χ3v) is 2.98. The van der Waals surface area contributed by atoms with Gasteiger partial charge in [0, 0.05) is 6.54 Å². The molecule has 0 bridgehead atoms. The average molecular weight is 265 g/mol. The SMILES string of the molecule is Cc1ccc(C)c(OCC(=O)NCC(O)C(C)C)c1. The van der Waals surface area contributed by atoms with Crippen LogP contribution < -0.4 is 10.1 Å². The number of ether oxygens (including phenoxy) is 1. The van der Waals surface area contributed by atoms with Crippen LogP contribution in [-0.2, 0) is 4.79 Å². The highest BCUT2D eigenvalue weighted by molar-refractivity contribution is 5.77. The molecule has 1 amide bonds. The summed E-state index contributed by atoms with van der Waals surface area (Å²) in [6.07, 6.45) is -0.523. The number of rotatable bonds is 6. The summed E-state index contributed by atoms with van der Waals surface area (Å²) in [5, 5.41) is 12.2. The van der Waals surface area contributed by atoms with E-state index >= 15 is 0 Å². The van der Waals surface area contributed by atoms with Gasteiger partial charge in [0.05, 0.1) is 6.10 Å². The summed E-state index contributed by atoms with van der Waals surface area (Å²) in [6, 6.07) is 5.87. The van der Waals surface area contributed by atoms with Crippen LogP contribution in [0.5, 0.6) is 5.75 Å². The third-order valence-electron chi connectivity index (χ3n) is 2.98. The van der Waals surface area contributed by atoms with Crippen LogP contribution in [-0.4, -0.2) is 30.3 Å². The van der Waals surface area contributed by atoms with Crippen LogP contribution in [0.3, 0.4) is 0 Å². The van der Waals surface area contributed by atoms with Gasteiger partial charge in [0.2, 0.25) is 0 Å². The molecule has 0 fully saturated rings. The van der Waals surface area contributed by atoms with Crippen molar-refractivity contribution in [1.82, 2.24) is 5.32 Å². The Bertz CT molecular complexity index is 429. The number of hydrogen-bond donors (Lipinski definition) is 2. The van der Waals surface area contributed by atoms with Crippen LogP contribution in [0.25, 0.3) is 0 Å². The molecule has 1 unspecified atom stereocenters. The van der Waals surface area contributed by atoms with Crippen molar-refractivity contribution < 1.29 is 14.6 Å². The van der Waals surface area contributed by atoms with Gasteiger partial charge in [0.1, 0.15) is 5.75 Å². The zero-order chi connectivity index (χ0) is 14.4. The number of nitrogens with one attached hydrogen (secondary N) is 1. The first kappa shape index (κ1) is 15.5. The average Bonchev–Trinajstić information content (AvgIpc) is 2.36. The van der Waals surface area contributed by atoms with Crippen molar-refractivity contribution >= 4 is 5.91 Å². The fraction of sp³-hybridized carbons (Fsp3) is 0.533. The minimum Gasteiger partial charge on any atom is -0.483 e. The van der Waals surface area contributed by atoms with E-state index in [-0.39, 0.29) is 25.0 Å². The monoisotopic (exact) mass is 265 g/mol. The van der Waals surface area contributed by atoms with Gasteiger partial charge in [-0.3, -0.25) is 4.79 Å². The lowest BCUT2D eigenvalue weighted by Crippen LogP contribution is -2.37. The Labute approximate surface area is 114 Å². The summed E-state index contributed by atoms with van der Waals surface area (Å²) in [5.41, 5.74) is 2.09. The highest BCUT2D eigenvalue weighted by Crippen LogP contribution is 2.18. The van der Waals surface area contributed by atoms with Crippen molar-refractivity contribution in [3.63, 3.8) is 0 Å². The Morgan fingerprint density at radius 1 is 1.37 bits per heavy atom. The molecule has 0 saturated heterocycles. The zero-order valence-corrected chi connectivity index (χ0v) is 12.1. The van der Waals surface area contributed by atoms with E-state index in [9.17, 15) is 9.90 Å². The predicted molar refractivity (Wildman–Crippen MR) is 75.3 cm³/mol. The summed E-state index contributed by atoms with van der Waals surface area (Å²) in [7, 11) is 0. The lowest BCUT2D eigenvalue weighted by atomic mass is 10.1. The molecule has 0 spiro atoms. The number of amides is 1. The highest BCUT2D eigenvalue weighted by atomic mass is 16.5. The molecule has 1 rings (SSSR count). The molecule has 0 aromatic heterocycles. The molecule has 4 heteroatoms.